The van der Waals surface area contributed by atoms with Crippen LogP contribution in [0.25, 0.3) is 0 Å². The van der Waals surface area contributed by atoms with Gasteiger partial charge in [0.15, 0.2) is 5.78 Å². The van der Waals surface area contributed by atoms with Crippen LogP contribution in [-0.4, -0.2) is 25.0 Å². The fourth-order valence-electron chi connectivity index (χ4n) is 1.53. The van der Waals surface area contributed by atoms with Crippen molar-refractivity contribution in [2.24, 2.45) is 0 Å². The van der Waals surface area contributed by atoms with E-state index in [-0.39, 0.29) is 11.3 Å². The van der Waals surface area contributed by atoms with Crippen molar-refractivity contribution >= 4 is 5.78 Å². The minimum atomic E-state index is -0.0921. The lowest BCUT2D eigenvalue weighted by Crippen LogP contribution is -2.42. The van der Waals surface area contributed by atoms with Gasteiger partial charge in [-0.05, 0) is 20.3 Å². The van der Waals surface area contributed by atoms with Gasteiger partial charge in [-0.15, -0.1) is 0 Å². The van der Waals surface area contributed by atoms with Gasteiger partial charge in [-0.25, -0.2) is 0 Å². The highest BCUT2D eigenvalue weighted by atomic mass is 16.5. The molecule has 1 aliphatic rings. The summed E-state index contributed by atoms with van der Waals surface area (Å²) >= 11 is 0. The Bertz CT molecular complexity index is 231. The van der Waals surface area contributed by atoms with Crippen molar-refractivity contribution in [2.45, 2.75) is 32.2 Å². The number of allylic oxidation sites excluding steroid dienone is 2. The molecule has 1 N–H and O–H groups in total. The van der Waals surface area contributed by atoms with E-state index in [0.29, 0.717) is 13.0 Å². The van der Waals surface area contributed by atoms with Gasteiger partial charge >= 0.3 is 0 Å². The van der Waals surface area contributed by atoms with Crippen LogP contribution < -0.4 is 5.32 Å². The minimum absolute atomic E-state index is 0.0921. The van der Waals surface area contributed by atoms with E-state index in [9.17, 15) is 4.79 Å². The van der Waals surface area contributed by atoms with Crippen LogP contribution in [0.2, 0.25) is 0 Å². The Labute approximate surface area is 79.2 Å². The number of rotatable bonds is 4. The van der Waals surface area contributed by atoms with E-state index in [1.54, 1.807) is 13.2 Å². The number of methoxy groups -OCH3 is 1. The fraction of sp³-hybridized carbons (Fsp3) is 0.700. The molecule has 0 atom stereocenters. The maximum absolute atomic E-state index is 10.9. The summed E-state index contributed by atoms with van der Waals surface area (Å²) in [6.07, 6.45) is 3.18. The molecule has 0 aromatic heterocycles. The highest BCUT2D eigenvalue weighted by Gasteiger charge is 2.21. The van der Waals surface area contributed by atoms with Crippen LogP contribution in [0.5, 0.6) is 0 Å². The van der Waals surface area contributed by atoms with Crippen LogP contribution in [0.3, 0.4) is 0 Å². The van der Waals surface area contributed by atoms with Crippen LogP contribution in [0, 0.1) is 0 Å². The normalized spacial score (nSPS) is 17.5. The summed E-state index contributed by atoms with van der Waals surface area (Å²) in [6, 6.07) is 0. The molecule has 0 saturated heterocycles. The molecule has 1 aliphatic carbocycles. The van der Waals surface area contributed by atoms with Crippen LogP contribution in [0.1, 0.15) is 26.7 Å². The number of carbonyl (C=O) groups is 1. The van der Waals surface area contributed by atoms with Gasteiger partial charge in [0.2, 0.25) is 0 Å². The Hall–Kier alpha value is -0.830. The van der Waals surface area contributed by atoms with E-state index in [0.717, 1.165) is 12.1 Å². The topological polar surface area (TPSA) is 38.3 Å². The predicted molar refractivity (Wildman–Crippen MR) is 51.4 cm³/mol. The summed E-state index contributed by atoms with van der Waals surface area (Å²) in [6.45, 7) is 4.75. The zero-order valence-corrected chi connectivity index (χ0v) is 8.52. The van der Waals surface area contributed by atoms with Gasteiger partial charge in [0.1, 0.15) is 0 Å². The third-order valence-corrected chi connectivity index (χ3v) is 1.98. The van der Waals surface area contributed by atoms with Gasteiger partial charge in [0.05, 0.1) is 12.1 Å². The van der Waals surface area contributed by atoms with Gasteiger partial charge in [-0.3, -0.25) is 4.79 Å². The molecule has 1 rings (SSSR count). The lowest BCUT2D eigenvalue weighted by atomic mass is 10.1. The molecule has 0 aromatic carbocycles. The first-order valence-electron chi connectivity index (χ1n) is 4.54. The second-order valence-electron chi connectivity index (χ2n) is 4.08. The Morgan fingerprint density at radius 3 is 2.69 bits per heavy atom. The highest BCUT2D eigenvalue weighted by molar-refractivity contribution is 5.92. The SMILES string of the molecule is COCC(C)(C)NC1=CC(=O)CC1. The number of hydrogen-bond donors (Lipinski definition) is 1. The van der Waals surface area contributed by atoms with Crippen molar-refractivity contribution in [2.75, 3.05) is 13.7 Å². The van der Waals surface area contributed by atoms with Crippen molar-refractivity contribution in [1.82, 2.24) is 5.32 Å². The summed E-state index contributed by atoms with van der Waals surface area (Å²) in [4.78, 5) is 10.9. The lowest BCUT2D eigenvalue weighted by Gasteiger charge is -2.27. The maximum Gasteiger partial charge on any atom is 0.157 e. The first-order valence-corrected chi connectivity index (χ1v) is 4.54. The second-order valence-corrected chi connectivity index (χ2v) is 4.08. The molecule has 0 unspecified atom stereocenters. The van der Waals surface area contributed by atoms with Gasteiger partial charge < -0.3 is 10.1 Å². The Kier molecular flexibility index (Phi) is 3.09. The van der Waals surface area contributed by atoms with Crippen molar-refractivity contribution in [3.05, 3.63) is 11.8 Å². The van der Waals surface area contributed by atoms with Gasteiger partial charge in [0, 0.05) is 25.3 Å². The molecule has 74 valence electrons. The number of carbonyl (C=O) groups excluding carboxylic acids is 1. The molecule has 3 heteroatoms. The summed E-state index contributed by atoms with van der Waals surface area (Å²) in [5.41, 5.74) is 0.942. The van der Waals surface area contributed by atoms with Crippen LogP contribution in [0.4, 0.5) is 0 Å². The molecule has 0 fully saturated rings. The number of nitrogens with one attached hydrogen (secondary N) is 1. The summed E-state index contributed by atoms with van der Waals surface area (Å²) < 4.78 is 5.07. The zero-order valence-electron chi connectivity index (χ0n) is 8.52. The average molecular weight is 183 g/mol. The van der Waals surface area contributed by atoms with E-state index in [1.807, 2.05) is 0 Å². The van der Waals surface area contributed by atoms with Crippen molar-refractivity contribution in [3.63, 3.8) is 0 Å². The smallest absolute Gasteiger partial charge is 0.157 e. The summed E-state index contributed by atoms with van der Waals surface area (Å²) in [7, 11) is 1.68. The van der Waals surface area contributed by atoms with E-state index >= 15 is 0 Å². The van der Waals surface area contributed by atoms with Crippen molar-refractivity contribution < 1.29 is 9.53 Å². The van der Waals surface area contributed by atoms with Gasteiger partial charge in [-0.1, -0.05) is 0 Å². The predicted octanol–water partition coefficient (Wildman–Crippen LogP) is 1.25. The summed E-state index contributed by atoms with van der Waals surface area (Å²) in [5, 5.41) is 3.30. The van der Waals surface area contributed by atoms with Crippen LogP contribution in [-0.2, 0) is 9.53 Å². The first-order chi connectivity index (χ1) is 6.03. The molecule has 0 bridgehead atoms. The van der Waals surface area contributed by atoms with Gasteiger partial charge in [-0.2, -0.15) is 0 Å². The average Bonchev–Trinajstić information content (AvgIpc) is 2.34. The Morgan fingerprint density at radius 2 is 2.23 bits per heavy atom. The molecule has 0 aliphatic heterocycles. The zero-order chi connectivity index (χ0) is 9.90. The minimum Gasteiger partial charge on any atom is -0.382 e. The summed E-state index contributed by atoms with van der Waals surface area (Å²) in [5.74, 6) is 0.218. The molecule has 0 spiro atoms. The molecule has 0 aromatic rings. The Morgan fingerprint density at radius 1 is 1.54 bits per heavy atom. The second kappa shape index (κ2) is 3.92. The third-order valence-electron chi connectivity index (χ3n) is 1.98. The van der Waals surface area contributed by atoms with Crippen molar-refractivity contribution in [1.29, 1.82) is 0 Å². The first kappa shape index (κ1) is 10.3. The number of ketones is 1. The molecule has 0 saturated carbocycles. The van der Waals surface area contributed by atoms with E-state index in [4.69, 9.17) is 4.74 Å². The lowest BCUT2D eigenvalue weighted by molar-refractivity contribution is -0.114. The number of hydrogen-bond acceptors (Lipinski definition) is 3. The quantitative estimate of drug-likeness (QED) is 0.712. The maximum atomic E-state index is 10.9. The molecular formula is C10H17NO2. The van der Waals surface area contributed by atoms with Crippen LogP contribution >= 0.6 is 0 Å². The largest absolute Gasteiger partial charge is 0.382 e. The van der Waals surface area contributed by atoms with Gasteiger partial charge in [0.25, 0.3) is 0 Å². The van der Waals surface area contributed by atoms with E-state index in [1.165, 1.54) is 0 Å². The monoisotopic (exact) mass is 183 g/mol. The fourth-order valence-corrected chi connectivity index (χ4v) is 1.53. The third kappa shape index (κ3) is 3.19. The standard InChI is InChI=1S/C10H17NO2/c1-10(2,7-13-3)11-8-4-5-9(12)6-8/h6,11H,4-5,7H2,1-3H3. The van der Waals surface area contributed by atoms with Crippen molar-refractivity contribution in [3.8, 4) is 0 Å². The Balaban J connectivity index is 2.48. The molecule has 13 heavy (non-hydrogen) atoms. The molecule has 0 radical (unpaired) electrons. The molecular weight excluding hydrogens is 166 g/mol. The number of ether oxygens (including phenoxy) is 1. The van der Waals surface area contributed by atoms with Crippen LogP contribution in [0.15, 0.2) is 11.8 Å². The molecule has 3 nitrogen and oxygen atoms in total. The van der Waals surface area contributed by atoms with E-state index < -0.39 is 0 Å². The molecule has 0 heterocycles. The van der Waals surface area contributed by atoms with E-state index in [2.05, 4.69) is 19.2 Å². The highest BCUT2D eigenvalue weighted by Crippen LogP contribution is 2.15. The molecule has 0 amide bonds.